The van der Waals surface area contributed by atoms with Crippen molar-refractivity contribution in [3.63, 3.8) is 0 Å². The molecule has 1 aliphatic heterocycles. The van der Waals surface area contributed by atoms with Gasteiger partial charge in [-0.1, -0.05) is 26.0 Å². The maximum atomic E-state index is 5.57. The molecule has 0 amide bonds. The summed E-state index contributed by atoms with van der Waals surface area (Å²) in [6.07, 6.45) is 6.25. The van der Waals surface area contributed by atoms with Gasteiger partial charge in [0.05, 0.1) is 0 Å². The Morgan fingerprint density at radius 2 is 1.80 bits per heavy atom. The first-order chi connectivity index (χ1) is 9.62. The molecule has 0 spiro atoms. The van der Waals surface area contributed by atoms with Gasteiger partial charge in [-0.25, -0.2) is 0 Å². The molecule has 1 fully saturated rings. The molecule has 1 aliphatic rings. The van der Waals surface area contributed by atoms with Crippen LogP contribution in [0, 0.1) is 11.3 Å². The van der Waals surface area contributed by atoms with Gasteiger partial charge in [0, 0.05) is 39.4 Å². The van der Waals surface area contributed by atoms with E-state index in [2.05, 4.69) is 37.2 Å². The average Bonchev–Trinajstić information content (AvgIpc) is 2.40. The van der Waals surface area contributed by atoms with Crippen LogP contribution in [0.1, 0.15) is 26.7 Å². The Labute approximate surface area is 125 Å². The molecule has 3 nitrogen and oxygen atoms in total. The van der Waals surface area contributed by atoms with Crippen molar-refractivity contribution >= 4 is 0 Å². The first-order valence-corrected chi connectivity index (χ1v) is 7.84. The summed E-state index contributed by atoms with van der Waals surface area (Å²) in [5, 5.41) is 3.65. The molecule has 1 rings (SSSR count). The molecule has 1 saturated heterocycles. The Hall–Kier alpha value is -0.640. The van der Waals surface area contributed by atoms with E-state index >= 15 is 0 Å². The van der Waals surface area contributed by atoms with E-state index in [0.717, 1.165) is 58.8 Å². The van der Waals surface area contributed by atoms with Crippen molar-refractivity contribution in [2.24, 2.45) is 11.3 Å². The van der Waals surface area contributed by atoms with Crippen LogP contribution < -0.4 is 5.32 Å². The largest absolute Gasteiger partial charge is 0.381 e. The highest BCUT2D eigenvalue weighted by Crippen LogP contribution is 2.31. The lowest BCUT2D eigenvalue weighted by Crippen LogP contribution is -2.48. The number of ether oxygens (including phenoxy) is 1. The molecule has 1 heterocycles. The van der Waals surface area contributed by atoms with Gasteiger partial charge in [0.1, 0.15) is 0 Å². The van der Waals surface area contributed by atoms with E-state index in [0.29, 0.717) is 11.3 Å². The van der Waals surface area contributed by atoms with E-state index in [1.165, 1.54) is 0 Å². The van der Waals surface area contributed by atoms with Gasteiger partial charge in [-0.2, -0.15) is 0 Å². The summed E-state index contributed by atoms with van der Waals surface area (Å²) in [6, 6.07) is 0. The Balaban J connectivity index is 2.60. The number of hydrogen-bond donors (Lipinski definition) is 1. The molecule has 0 atom stereocenters. The van der Waals surface area contributed by atoms with Crippen LogP contribution in [0.15, 0.2) is 25.3 Å². The van der Waals surface area contributed by atoms with Crippen molar-refractivity contribution in [1.29, 1.82) is 0 Å². The topological polar surface area (TPSA) is 24.5 Å². The summed E-state index contributed by atoms with van der Waals surface area (Å²) in [5.74, 6) is 0.698. The van der Waals surface area contributed by atoms with Gasteiger partial charge in [-0.15, -0.1) is 13.2 Å². The zero-order valence-electron chi connectivity index (χ0n) is 13.4. The van der Waals surface area contributed by atoms with Gasteiger partial charge in [0.2, 0.25) is 0 Å². The van der Waals surface area contributed by atoms with Crippen LogP contribution in [-0.2, 0) is 4.74 Å². The minimum atomic E-state index is 0.332. The maximum absolute atomic E-state index is 5.57. The summed E-state index contributed by atoms with van der Waals surface area (Å²) in [4.78, 5) is 2.43. The van der Waals surface area contributed by atoms with Gasteiger partial charge in [0.25, 0.3) is 0 Å². The van der Waals surface area contributed by atoms with E-state index in [-0.39, 0.29) is 0 Å². The SMILES string of the molecule is C=CCN(CC=C)CC1(CNCC(C)C)CCOCC1. The minimum Gasteiger partial charge on any atom is -0.381 e. The highest BCUT2D eigenvalue weighted by molar-refractivity contribution is 4.90. The standard InChI is InChI=1S/C17H32N2O/c1-5-9-19(10-6-2)15-17(7-11-20-12-8-17)14-18-13-16(3)4/h5-6,16,18H,1-2,7-15H2,3-4H3. The molecule has 0 aliphatic carbocycles. The van der Waals surface area contributed by atoms with Gasteiger partial charge in [0.15, 0.2) is 0 Å². The van der Waals surface area contributed by atoms with Crippen LogP contribution in [0.2, 0.25) is 0 Å². The zero-order chi connectivity index (χ0) is 14.8. The van der Waals surface area contributed by atoms with Crippen molar-refractivity contribution in [3.8, 4) is 0 Å². The van der Waals surface area contributed by atoms with Crippen LogP contribution in [-0.4, -0.2) is 50.8 Å². The molecule has 0 aromatic rings. The summed E-state index contributed by atoms with van der Waals surface area (Å²) < 4.78 is 5.57. The van der Waals surface area contributed by atoms with Crippen molar-refractivity contribution in [1.82, 2.24) is 10.2 Å². The summed E-state index contributed by atoms with van der Waals surface area (Å²) in [6.45, 7) is 19.1. The van der Waals surface area contributed by atoms with Gasteiger partial charge >= 0.3 is 0 Å². The van der Waals surface area contributed by atoms with Crippen LogP contribution in [0.3, 0.4) is 0 Å². The maximum Gasteiger partial charge on any atom is 0.0472 e. The van der Waals surface area contributed by atoms with Crippen LogP contribution in [0.25, 0.3) is 0 Å². The smallest absolute Gasteiger partial charge is 0.0472 e. The lowest BCUT2D eigenvalue weighted by Gasteiger charge is -2.41. The molecule has 3 heteroatoms. The van der Waals surface area contributed by atoms with Crippen molar-refractivity contribution in [2.45, 2.75) is 26.7 Å². The number of nitrogens with one attached hydrogen (secondary N) is 1. The highest BCUT2D eigenvalue weighted by atomic mass is 16.5. The van der Waals surface area contributed by atoms with Crippen molar-refractivity contribution in [3.05, 3.63) is 25.3 Å². The molecule has 20 heavy (non-hydrogen) atoms. The quantitative estimate of drug-likeness (QED) is 0.623. The van der Waals surface area contributed by atoms with Crippen molar-refractivity contribution < 1.29 is 4.74 Å². The molecule has 1 N–H and O–H groups in total. The zero-order valence-corrected chi connectivity index (χ0v) is 13.4. The Morgan fingerprint density at radius 3 is 2.30 bits per heavy atom. The normalized spacial score (nSPS) is 18.4. The lowest BCUT2D eigenvalue weighted by atomic mass is 9.79. The monoisotopic (exact) mass is 280 g/mol. The summed E-state index contributed by atoms with van der Waals surface area (Å²) >= 11 is 0. The fourth-order valence-corrected chi connectivity index (χ4v) is 2.86. The van der Waals surface area contributed by atoms with E-state index in [4.69, 9.17) is 4.74 Å². The van der Waals surface area contributed by atoms with E-state index in [1.807, 2.05) is 12.2 Å². The first kappa shape index (κ1) is 17.4. The first-order valence-electron chi connectivity index (χ1n) is 7.84. The van der Waals surface area contributed by atoms with Gasteiger partial charge in [-0.05, 0) is 30.7 Å². The average molecular weight is 280 g/mol. The molecule has 0 aromatic carbocycles. The third kappa shape index (κ3) is 6.21. The number of nitrogens with zero attached hydrogens (tertiary/aromatic N) is 1. The molecule has 0 radical (unpaired) electrons. The third-order valence-electron chi connectivity index (χ3n) is 3.94. The molecule has 0 unspecified atom stereocenters. The predicted octanol–water partition coefficient (Wildman–Crippen LogP) is 2.70. The molecule has 0 aromatic heterocycles. The van der Waals surface area contributed by atoms with E-state index in [9.17, 15) is 0 Å². The molecular formula is C17H32N2O. The van der Waals surface area contributed by atoms with Gasteiger partial charge in [-0.3, -0.25) is 4.90 Å². The van der Waals surface area contributed by atoms with Crippen LogP contribution in [0.4, 0.5) is 0 Å². The molecule has 0 bridgehead atoms. The fraction of sp³-hybridized carbons (Fsp3) is 0.765. The minimum absolute atomic E-state index is 0.332. The van der Waals surface area contributed by atoms with Crippen LogP contribution >= 0.6 is 0 Å². The predicted molar refractivity (Wildman–Crippen MR) is 87.0 cm³/mol. The third-order valence-corrected chi connectivity index (χ3v) is 3.94. The number of rotatable bonds is 10. The van der Waals surface area contributed by atoms with Gasteiger partial charge < -0.3 is 10.1 Å². The lowest BCUT2D eigenvalue weighted by molar-refractivity contribution is -0.00132. The Kier molecular flexibility index (Phi) is 8.12. The van der Waals surface area contributed by atoms with E-state index in [1.54, 1.807) is 0 Å². The van der Waals surface area contributed by atoms with E-state index < -0.39 is 0 Å². The van der Waals surface area contributed by atoms with Crippen molar-refractivity contribution in [2.75, 3.05) is 45.9 Å². The summed E-state index contributed by atoms with van der Waals surface area (Å²) in [5.41, 5.74) is 0.332. The Morgan fingerprint density at radius 1 is 1.20 bits per heavy atom. The Bertz CT molecular complexity index is 273. The fourth-order valence-electron chi connectivity index (χ4n) is 2.86. The summed E-state index contributed by atoms with van der Waals surface area (Å²) in [7, 11) is 0. The number of hydrogen-bond acceptors (Lipinski definition) is 3. The molecular weight excluding hydrogens is 248 g/mol. The second-order valence-electron chi connectivity index (χ2n) is 6.41. The molecule has 0 saturated carbocycles. The molecule has 116 valence electrons. The van der Waals surface area contributed by atoms with Crippen LogP contribution in [0.5, 0.6) is 0 Å². The second-order valence-corrected chi connectivity index (χ2v) is 6.41. The second kappa shape index (κ2) is 9.32. The highest BCUT2D eigenvalue weighted by Gasteiger charge is 2.33.